The van der Waals surface area contributed by atoms with E-state index in [1.807, 2.05) is 6.92 Å². The second-order valence-electron chi connectivity index (χ2n) is 3.49. The molecule has 0 amide bonds. The minimum atomic E-state index is 0.751. The highest BCUT2D eigenvalue weighted by molar-refractivity contribution is 5.83. The molecule has 0 aliphatic heterocycles. The lowest BCUT2D eigenvalue weighted by atomic mass is 10.4. The summed E-state index contributed by atoms with van der Waals surface area (Å²) in [5.74, 6) is 1.92. The molecule has 0 radical (unpaired) electrons. The Bertz CT molecular complexity index is 227. The molecule has 0 fully saturated rings. The van der Waals surface area contributed by atoms with Gasteiger partial charge in [-0.1, -0.05) is 0 Å². The molecule has 0 spiro atoms. The lowest BCUT2D eigenvalue weighted by molar-refractivity contribution is 0.831. The Morgan fingerprint density at radius 1 is 0.824 bits per heavy atom. The van der Waals surface area contributed by atoms with Crippen LogP contribution in [-0.4, -0.2) is 44.5 Å². The summed E-state index contributed by atoms with van der Waals surface area (Å²) in [7, 11) is 0. The van der Waals surface area contributed by atoms with E-state index in [1.54, 1.807) is 0 Å². The van der Waals surface area contributed by atoms with Crippen LogP contribution in [0, 0.1) is 0 Å². The first-order valence-electron chi connectivity index (χ1n) is 6.57. The molecule has 100 valence electrons. The predicted octanol–water partition coefficient (Wildman–Crippen LogP) is 0.979. The predicted molar refractivity (Wildman–Crippen MR) is 75.9 cm³/mol. The second kappa shape index (κ2) is 11.2. The molecule has 0 atom stereocenters. The monoisotopic (exact) mass is 241 g/mol. The molecule has 0 unspecified atom stereocenters. The number of aliphatic imine (C=N–C) groups is 2. The Morgan fingerprint density at radius 2 is 1.41 bits per heavy atom. The van der Waals surface area contributed by atoms with Crippen LogP contribution in [0.15, 0.2) is 9.98 Å². The number of hydrogen-bond donors (Lipinski definition) is 3. The number of hydrogen-bond acceptors (Lipinski definition) is 2. The number of nitrogens with zero attached hydrogens (tertiary/aromatic N) is 2. The average molecular weight is 241 g/mol. The van der Waals surface area contributed by atoms with Crippen molar-refractivity contribution in [1.29, 1.82) is 0 Å². The lowest BCUT2D eigenvalue weighted by Gasteiger charge is -2.10. The molecule has 0 aliphatic rings. The van der Waals surface area contributed by atoms with Gasteiger partial charge in [0.2, 0.25) is 0 Å². The molecule has 0 saturated carbocycles. The molecular formula is C12H27N5. The Balaban J connectivity index is 4.12. The first-order chi connectivity index (χ1) is 8.28. The molecular weight excluding hydrogens is 214 g/mol. The van der Waals surface area contributed by atoms with E-state index >= 15 is 0 Å². The quantitative estimate of drug-likeness (QED) is 0.460. The van der Waals surface area contributed by atoms with E-state index in [2.05, 4.69) is 46.7 Å². The molecule has 0 bridgehead atoms. The van der Waals surface area contributed by atoms with Gasteiger partial charge in [-0.25, -0.2) is 0 Å². The Kier molecular flexibility index (Phi) is 10.4. The zero-order valence-corrected chi connectivity index (χ0v) is 11.6. The van der Waals surface area contributed by atoms with Crippen molar-refractivity contribution < 1.29 is 0 Å². The van der Waals surface area contributed by atoms with Gasteiger partial charge in [0.15, 0.2) is 5.96 Å². The molecule has 0 rings (SSSR count). The van der Waals surface area contributed by atoms with Gasteiger partial charge in [-0.2, -0.15) is 0 Å². The minimum Gasteiger partial charge on any atom is -0.374 e. The fraction of sp³-hybridized carbons (Fsp3) is 0.833. The summed E-state index contributed by atoms with van der Waals surface area (Å²) in [5, 5.41) is 9.66. The van der Waals surface area contributed by atoms with Gasteiger partial charge in [0.1, 0.15) is 0 Å². The van der Waals surface area contributed by atoms with Crippen molar-refractivity contribution in [3.05, 3.63) is 0 Å². The molecule has 3 N–H and O–H groups in total. The Morgan fingerprint density at radius 3 is 1.88 bits per heavy atom. The molecule has 0 saturated heterocycles. The second-order valence-corrected chi connectivity index (χ2v) is 3.49. The standard InChI is InChI=1S/C12H27N5/c1-5-13-11(14-6-2)9-10-17-12(15-7-3)16-8-4/h5-10H2,1-4H3,(H,13,14)(H2,15,16,17). The number of rotatable bonds is 7. The van der Waals surface area contributed by atoms with E-state index in [0.29, 0.717) is 0 Å². The molecule has 0 aromatic heterocycles. The maximum absolute atomic E-state index is 4.48. The highest BCUT2D eigenvalue weighted by atomic mass is 15.2. The highest BCUT2D eigenvalue weighted by Gasteiger charge is 1.97. The van der Waals surface area contributed by atoms with Gasteiger partial charge in [0.25, 0.3) is 0 Å². The van der Waals surface area contributed by atoms with E-state index in [4.69, 9.17) is 0 Å². The van der Waals surface area contributed by atoms with E-state index < -0.39 is 0 Å². The Labute approximate surface area is 105 Å². The van der Waals surface area contributed by atoms with Gasteiger partial charge >= 0.3 is 0 Å². The fourth-order valence-corrected chi connectivity index (χ4v) is 1.40. The van der Waals surface area contributed by atoms with Crippen molar-refractivity contribution in [3.8, 4) is 0 Å². The van der Waals surface area contributed by atoms with Crippen molar-refractivity contribution in [3.63, 3.8) is 0 Å². The van der Waals surface area contributed by atoms with Crippen molar-refractivity contribution in [2.75, 3.05) is 32.7 Å². The first-order valence-corrected chi connectivity index (χ1v) is 6.57. The van der Waals surface area contributed by atoms with Crippen LogP contribution < -0.4 is 16.0 Å². The van der Waals surface area contributed by atoms with Gasteiger partial charge in [-0.15, -0.1) is 0 Å². The van der Waals surface area contributed by atoms with Crippen molar-refractivity contribution in [1.82, 2.24) is 16.0 Å². The largest absolute Gasteiger partial charge is 0.374 e. The molecule has 5 nitrogen and oxygen atoms in total. The van der Waals surface area contributed by atoms with Crippen LogP contribution in [0.5, 0.6) is 0 Å². The van der Waals surface area contributed by atoms with E-state index in [-0.39, 0.29) is 0 Å². The van der Waals surface area contributed by atoms with E-state index in [1.165, 1.54) is 0 Å². The third-order valence-corrected chi connectivity index (χ3v) is 2.04. The van der Waals surface area contributed by atoms with Crippen LogP contribution in [0.2, 0.25) is 0 Å². The summed E-state index contributed by atoms with van der Waals surface area (Å²) in [6.45, 7) is 12.5. The molecule has 0 aromatic rings. The third kappa shape index (κ3) is 8.54. The molecule has 17 heavy (non-hydrogen) atoms. The van der Waals surface area contributed by atoms with Crippen LogP contribution in [0.3, 0.4) is 0 Å². The van der Waals surface area contributed by atoms with Gasteiger partial charge in [-0.3, -0.25) is 9.98 Å². The summed E-state index contributed by atoms with van der Waals surface area (Å²) in [4.78, 5) is 8.88. The number of nitrogens with one attached hydrogen (secondary N) is 3. The molecule has 5 heteroatoms. The molecule has 0 aromatic carbocycles. The zero-order valence-electron chi connectivity index (χ0n) is 11.6. The van der Waals surface area contributed by atoms with Crippen LogP contribution >= 0.6 is 0 Å². The van der Waals surface area contributed by atoms with Crippen LogP contribution in [-0.2, 0) is 0 Å². The summed E-state index contributed by atoms with van der Waals surface area (Å²) < 4.78 is 0. The van der Waals surface area contributed by atoms with Gasteiger partial charge in [0, 0.05) is 39.1 Å². The maximum Gasteiger partial charge on any atom is 0.191 e. The molecule has 0 heterocycles. The average Bonchev–Trinajstić information content (AvgIpc) is 2.30. The molecule has 0 aliphatic carbocycles. The normalized spacial score (nSPS) is 10.9. The SMILES string of the molecule is CCN=C(CCN=C(NCC)NCC)NCC. The Hall–Kier alpha value is -1.26. The van der Waals surface area contributed by atoms with Crippen LogP contribution in [0.25, 0.3) is 0 Å². The minimum absolute atomic E-state index is 0.751. The highest BCUT2D eigenvalue weighted by Crippen LogP contribution is 1.87. The summed E-state index contributed by atoms with van der Waals surface area (Å²) in [5.41, 5.74) is 0. The first kappa shape index (κ1) is 15.7. The smallest absolute Gasteiger partial charge is 0.191 e. The van der Waals surface area contributed by atoms with Gasteiger partial charge in [0.05, 0.1) is 5.84 Å². The number of guanidine groups is 1. The summed E-state index contributed by atoms with van der Waals surface area (Å²) in [6, 6.07) is 0. The lowest BCUT2D eigenvalue weighted by Crippen LogP contribution is -2.37. The van der Waals surface area contributed by atoms with Gasteiger partial charge < -0.3 is 16.0 Å². The summed E-state index contributed by atoms with van der Waals surface area (Å²) >= 11 is 0. The fourth-order valence-electron chi connectivity index (χ4n) is 1.40. The topological polar surface area (TPSA) is 60.8 Å². The van der Waals surface area contributed by atoms with E-state index in [9.17, 15) is 0 Å². The number of amidine groups is 1. The van der Waals surface area contributed by atoms with Crippen molar-refractivity contribution in [2.45, 2.75) is 34.1 Å². The van der Waals surface area contributed by atoms with E-state index in [0.717, 1.165) is 50.9 Å². The third-order valence-electron chi connectivity index (χ3n) is 2.04. The van der Waals surface area contributed by atoms with Crippen molar-refractivity contribution >= 4 is 11.8 Å². The maximum atomic E-state index is 4.48. The summed E-state index contributed by atoms with van der Waals surface area (Å²) in [6.07, 6.45) is 0.863. The van der Waals surface area contributed by atoms with Crippen molar-refractivity contribution in [2.24, 2.45) is 9.98 Å². The van der Waals surface area contributed by atoms with Crippen LogP contribution in [0.1, 0.15) is 34.1 Å². The van der Waals surface area contributed by atoms with Gasteiger partial charge in [-0.05, 0) is 27.7 Å². The van der Waals surface area contributed by atoms with Crippen LogP contribution in [0.4, 0.5) is 0 Å². The zero-order chi connectivity index (χ0) is 12.9.